The fourth-order valence-electron chi connectivity index (χ4n) is 3.68. The molecular formula is C17H24N6O. The summed E-state index contributed by atoms with van der Waals surface area (Å²) in [6.07, 6.45) is 5.71. The molecule has 2 fully saturated rings. The molecule has 24 heavy (non-hydrogen) atoms. The largest absolute Gasteiger partial charge is 0.356 e. The van der Waals surface area contributed by atoms with Crippen LogP contribution in [0.1, 0.15) is 61.3 Å². The fourth-order valence-corrected chi connectivity index (χ4v) is 3.68. The number of aromatic nitrogens is 5. The smallest absolute Gasteiger partial charge is 0.343 e. The molecule has 1 saturated heterocycles. The van der Waals surface area contributed by atoms with E-state index in [1.54, 1.807) is 11.6 Å². The van der Waals surface area contributed by atoms with E-state index in [0.717, 1.165) is 49.1 Å². The number of hydrogen-bond donors (Lipinski definition) is 1. The number of aromatic amines is 1. The molecule has 128 valence electrons. The van der Waals surface area contributed by atoms with Gasteiger partial charge in [0, 0.05) is 43.7 Å². The summed E-state index contributed by atoms with van der Waals surface area (Å²) in [4.78, 5) is 23.4. The van der Waals surface area contributed by atoms with Crippen LogP contribution in [0.25, 0.3) is 0 Å². The summed E-state index contributed by atoms with van der Waals surface area (Å²) in [6.45, 7) is 3.93. The van der Waals surface area contributed by atoms with Crippen molar-refractivity contribution >= 4 is 5.82 Å². The van der Waals surface area contributed by atoms with Gasteiger partial charge in [-0.1, -0.05) is 6.42 Å². The number of hydrogen-bond acceptors (Lipinski definition) is 5. The van der Waals surface area contributed by atoms with Gasteiger partial charge in [0.1, 0.15) is 17.5 Å². The maximum Gasteiger partial charge on any atom is 0.343 e. The van der Waals surface area contributed by atoms with Crippen LogP contribution in [0, 0.1) is 6.92 Å². The first-order chi connectivity index (χ1) is 11.6. The second kappa shape index (κ2) is 6.03. The van der Waals surface area contributed by atoms with Crippen molar-refractivity contribution in [2.75, 3.05) is 18.0 Å². The maximum atomic E-state index is 11.6. The van der Waals surface area contributed by atoms with Gasteiger partial charge in [0.2, 0.25) is 0 Å². The van der Waals surface area contributed by atoms with E-state index < -0.39 is 0 Å². The molecule has 0 unspecified atom stereocenters. The van der Waals surface area contributed by atoms with E-state index in [0.29, 0.717) is 11.8 Å². The van der Waals surface area contributed by atoms with E-state index in [1.165, 1.54) is 19.3 Å². The SMILES string of the molecule is Cc1cc(N2CCC(c3n[nH]c(=O)n3C)CC2)nc(C2CCC2)n1. The number of nitrogens with one attached hydrogen (secondary N) is 1. The average molecular weight is 328 g/mol. The Hall–Kier alpha value is -2.18. The van der Waals surface area contributed by atoms with Crippen molar-refractivity contribution in [1.29, 1.82) is 0 Å². The molecule has 0 amide bonds. The number of nitrogens with zero attached hydrogens (tertiary/aromatic N) is 5. The summed E-state index contributed by atoms with van der Waals surface area (Å²) in [5.41, 5.74) is 0.919. The molecule has 0 atom stereocenters. The highest BCUT2D eigenvalue weighted by Gasteiger charge is 2.27. The average Bonchev–Trinajstić information content (AvgIpc) is 2.85. The van der Waals surface area contributed by atoms with Gasteiger partial charge in [0.05, 0.1) is 0 Å². The molecule has 1 saturated carbocycles. The number of aryl methyl sites for hydroxylation is 1. The Morgan fingerprint density at radius 3 is 2.46 bits per heavy atom. The van der Waals surface area contributed by atoms with Crippen LogP contribution in [0.2, 0.25) is 0 Å². The van der Waals surface area contributed by atoms with Gasteiger partial charge >= 0.3 is 5.69 Å². The molecule has 4 rings (SSSR count). The Morgan fingerprint density at radius 1 is 1.12 bits per heavy atom. The van der Waals surface area contributed by atoms with Crippen LogP contribution in [0.3, 0.4) is 0 Å². The van der Waals surface area contributed by atoms with E-state index in [1.807, 2.05) is 0 Å². The van der Waals surface area contributed by atoms with Crippen molar-refractivity contribution in [2.45, 2.75) is 50.9 Å². The first-order valence-electron chi connectivity index (χ1n) is 8.83. The van der Waals surface area contributed by atoms with Crippen LogP contribution < -0.4 is 10.6 Å². The van der Waals surface area contributed by atoms with Gasteiger partial charge in [0.25, 0.3) is 0 Å². The minimum absolute atomic E-state index is 0.135. The molecule has 7 nitrogen and oxygen atoms in total. The second-order valence-electron chi connectivity index (χ2n) is 7.06. The molecule has 7 heteroatoms. The minimum atomic E-state index is -0.135. The number of rotatable bonds is 3. The van der Waals surface area contributed by atoms with E-state index in [-0.39, 0.29) is 5.69 Å². The van der Waals surface area contributed by atoms with Crippen molar-refractivity contribution in [3.63, 3.8) is 0 Å². The zero-order valence-electron chi connectivity index (χ0n) is 14.3. The standard InChI is InChI=1S/C17H24N6O/c1-11-10-14(19-15(18-11)12-4-3-5-12)23-8-6-13(7-9-23)16-20-21-17(24)22(16)2/h10,12-13H,3-9H2,1-2H3,(H,21,24). The third-order valence-electron chi connectivity index (χ3n) is 5.43. The highest BCUT2D eigenvalue weighted by Crippen LogP contribution is 2.35. The lowest BCUT2D eigenvalue weighted by molar-refractivity contribution is 0.399. The van der Waals surface area contributed by atoms with Crippen molar-refractivity contribution < 1.29 is 0 Å². The van der Waals surface area contributed by atoms with Crippen LogP contribution in [0.4, 0.5) is 5.82 Å². The maximum absolute atomic E-state index is 11.6. The molecule has 3 heterocycles. The van der Waals surface area contributed by atoms with Gasteiger partial charge in [-0.2, -0.15) is 5.10 Å². The molecule has 1 N–H and O–H groups in total. The molecular weight excluding hydrogens is 304 g/mol. The third kappa shape index (κ3) is 2.72. The molecule has 0 aromatic carbocycles. The van der Waals surface area contributed by atoms with Gasteiger partial charge in [0.15, 0.2) is 0 Å². The minimum Gasteiger partial charge on any atom is -0.356 e. The van der Waals surface area contributed by atoms with Crippen LogP contribution in [0.5, 0.6) is 0 Å². The third-order valence-corrected chi connectivity index (χ3v) is 5.43. The normalized spacial score (nSPS) is 19.5. The summed E-state index contributed by atoms with van der Waals surface area (Å²) in [7, 11) is 1.78. The molecule has 1 aliphatic carbocycles. The highest BCUT2D eigenvalue weighted by molar-refractivity contribution is 5.41. The molecule has 0 spiro atoms. The number of piperidine rings is 1. The zero-order chi connectivity index (χ0) is 16.7. The Bertz CT molecular complexity index is 783. The molecule has 2 aromatic heterocycles. The highest BCUT2D eigenvalue weighted by atomic mass is 16.1. The lowest BCUT2D eigenvalue weighted by Gasteiger charge is -2.33. The monoisotopic (exact) mass is 328 g/mol. The van der Waals surface area contributed by atoms with Gasteiger partial charge in [-0.25, -0.2) is 19.9 Å². The molecule has 2 aromatic rings. The van der Waals surface area contributed by atoms with Gasteiger partial charge in [-0.3, -0.25) is 4.57 Å². The summed E-state index contributed by atoms with van der Waals surface area (Å²) >= 11 is 0. The van der Waals surface area contributed by atoms with Gasteiger partial charge in [-0.05, 0) is 32.6 Å². The van der Waals surface area contributed by atoms with E-state index in [2.05, 4.69) is 33.1 Å². The fraction of sp³-hybridized carbons (Fsp3) is 0.647. The van der Waals surface area contributed by atoms with Crippen molar-refractivity contribution in [3.05, 3.63) is 33.9 Å². The first kappa shape index (κ1) is 15.4. The van der Waals surface area contributed by atoms with Crippen molar-refractivity contribution in [2.24, 2.45) is 7.05 Å². The zero-order valence-corrected chi connectivity index (χ0v) is 14.3. The topological polar surface area (TPSA) is 79.7 Å². The van der Waals surface area contributed by atoms with Gasteiger partial charge < -0.3 is 4.90 Å². The van der Waals surface area contributed by atoms with Crippen LogP contribution in [-0.2, 0) is 7.05 Å². The summed E-state index contributed by atoms with van der Waals surface area (Å²) in [5, 5.41) is 6.73. The Labute approximate surface area is 141 Å². The van der Waals surface area contributed by atoms with E-state index in [9.17, 15) is 4.79 Å². The number of anilines is 1. The second-order valence-corrected chi connectivity index (χ2v) is 7.06. The van der Waals surface area contributed by atoms with Crippen molar-refractivity contribution in [1.82, 2.24) is 24.7 Å². The summed E-state index contributed by atoms with van der Waals surface area (Å²) in [6, 6.07) is 2.09. The first-order valence-corrected chi connectivity index (χ1v) is 8.83. The number of H-pyrrole nitrogens is 1. The lowest BCUT2D eigenvalue weighted by atomic mass is 9.85. The van der Waals surface area contributed by atoms with Crippen LogP contribution >= 0.6 is 0 Å². The predicted molar refractivity (Wildman–Crippen MR) is 91.4 cm³/mol. The Kier molecular flexibility index (Phi) is 3.86. The van der Waals surface area contributed by atoms with Crippen molar-refractivity contribution in [3.8, 4) is 0 Å². The molecule has 0 radical (unpaired) electrons. The molecule has 2 aliphatic rings. The molecule has 0 bridgehead atoms. The summed E-state index contributed by atoms with van der Waals surface area (Å²) in [5.74, 6) is 3.83. The van der Waals surface area contributed by atoms with Gasteiger partial charge in [-0.15, -0.1) is 0 Å². The Balaban J connectivity index is 1.48. The quantitative estimate of drug-likeness (QED) is 0.930. The predicted octanol–water partition coefficient (Wildman–Crippen LogP) is 1.86. The van der Waals surface area contributed by atoms with E-state index >= 15 is 0 Å². The lowest BCUT2D eigenvalue weighted by Crippen LogP contribution is -2.35. The molecule has 1 aliphatic heterocycles. The van der Waals surface area contributed by atoms with Crippen LogP contribution in [-0.4, -0.2) is 37.8 Å². The van der Waals surface area contributed by atoms with Crippen LogP contribution in [0.15, 0.2) is 10.9 Å². The Morgan fingerprint density at radius 2 is 1.88 bits per heavy atom. The summed E-state index contributed by atoms with van der Waals surface area (Å²) < 4.78 is 1.63. The van der Waals surface area contributed by atoms with E-state index in [4.69, 9.17) is 4.98 Å².